The molecule has 2 saturated heterocycles. The number of likely N-dealkylation sites (tertiary alicyclic amines) is 2. The zero-order valence-electron chi connectivity index (χ0n) is 23.4. The lowest BCUT2D eigenvalue weighted by atomic mass is 9.84. The van der Waals surface area contributed by atoms with Crippen LogP contribution in [0.3, 0.4) is 0 Å². The fraction of sp³-hybridized carbons (Fsp3) is 0.375. The van der Waals surface area contributed by atoms with Gasteiger partial charge >= 0.3 is 12.5 Å². The second-order valence-electron chi connectivity index (χ2n) is 11.0. The van der Waals surface area contributed by atoms with Gasteiger partial charge in [0.2, 0.25) is 0 Å². The number of ether oxygens (including phenoxy) is 1. The van der Waals surface area contributed by atoms with Crippen molar-refractivity contribution in [1.29, 1.82) is 5.26 Å². The van der Waals surface area contributed by atoms with E-state index >= 15 is 0 Å². The second-order valence-corrected chi connectivity index (χ2v) is 11.0. The van der Waals surface area contributed by atoms with Gasteiger partial charge < -0.3 is 20.1 Å². The van der Waals surface area contributed by atoms with Crippen molar-refractivity contribution in [2.24, 2.45) is 0 Å². The number of carbonyl (C=O) groups is 1. The SMILES string of the molecule is N#Cc1ccc(-c2ccc(OC(F)(F)F)c(CN[C@H]3CCN(C4CCN(C(=O)O)CC4)C[C@H]3c3ccccc3)c2)c(F)c1. The molecule has 3 aromatic rings. The molecule has 2 heterocycles. The summed E-state index contributed by atoms with van der Waals surface area (Å²) in [6.07, 6.45) is -3.56. The Bertz CT molecular complexity index is 1470. The number of nitriles is 1. The van der Waals surface area contributed by atoms with Gasteiger partial charge in [0, 0.05) is 55.3 Å². The lowest BCUT2D eigenvalue weighted by Crippen LogP contribution is -2.53. The van der Waals surface area contributed by atoms with Crippen LogP contribution < -0.4 is 10.1 Å². The van der Waals surface area contributed by atoms with E-state index in [-0.39, 0.29) is 47.0 Å². The van der Waals surface area contributed by atoms with Crippen LogP contribution in [0.4, 0.5) is 22.4 Å². The highest BCUT2D eigenvalue weighted by Crippen LogP contribution is 2.34. The van der Waals surface area contributed by atoms with Gasteiger partial charge in [0.1, 0.15) is 11.6 Å². The number of halogens is 4. The molecule has 2 N–H and O–H groups in total. The molecule has 5 rings (SSSR count). The topological polar surface area (TPSA) is 88.8 Å². The number of rotatable bonds is 7. The van der Waals surface area contributed by atoms with Gasteiger partial charge in [-0.25, -0.2) is 9.18 Å². The summed E-state index contributed by atoms with van der Waals surface area (Å²) in [6, 6.07) is 20.1. The third kappa shape index (κ3) is 7.45. The van der Waals surface area contributed by atoms with E-state index in [1.165, 1.54) is 35.2 Å². The molecule has 0 saturated carbocycles. The molecule has 2 fully saturated rings. The van der Waals surface area contributed by atoms with Crippen LogP contribution in [0, 0.1) is 17.1 Å². The number of benzene rings is 3. The largest absolute Gasteiger partial charge is 0.573 e. The number of amides is 1. The number of hydrogen-bond acceptors (Lipinski definition) is 5. The van der Waals surface area contributed by atoms with Crippen molar-refractivity contribution in [3.8, 4) is 22.9 Å². The predicted octanol–water partition coefficient (Wildman–Crippen LogP) is 6.35. The number of carboxylic acid groups (broad SMARTS) is 1. The molecule has 0 unspecified atom stereocenters. The summed E-state index contributed by atoms with van der Waals surface area (Å²) in [4.78, 5) is 15.2. The fourth-order valence-electron chi connectivity index (χ4n) is 6.18. The molecule has 43 heavy (non-hydrogen) atoms. The number of hydrogen-bond donors (Lipinski definition) is 2. The summed E-state index contributed by atoms with van der Waals surface area (Å²) < 4.78 is 59.0. The average molecular weight is 597 g/mol. The Labute approximate surface area is 247 Å². The number of piperidine rings is 2. The maximum Gasteiger partial charge on any atom is 0.573 e. The summed E-state index contributed by atoms with van der Waals surface area (Å²) in [7, 11) is 0. The van der Waals surface area contributed by atoms with Gasteiger partial charge in [0.15, 0.2) is 0 Å². The average Bonchev–Trinajstić information content (AvgIpc) is 3.00. The van der Waals surface area contributed by atoms with Crippen molar-refractivity contribution in [3.05, 3.63) is 89.2 Å². The van der Waals surface area contributed by atoms with Gasteiger partial charge in [-0.15, -0.1) is 13.2 Å². The van der Waals surface area contributed by atoms with Crippen LogP contribution in [0.15, 0.2) is 66.7 Å². The zero-order valence-corrected chi connectivity index (χ0v) is 23.4. The molecule has 0 aromatic heterocycles. The fourth-order valence-corrected chi connectivity index (χ4v) is 6.18. The van der Waals surface area contributed by atoms with E-state index in [0.717, 1.165) is 44.0 Å². The summed E-state index contributed by atoms with van der Waals surface area (Å²) in [6.45, 7) is 2.53. The Morgan fingerprint density at radius 2 is 1.77 bits per heavy atom. The van der Waals surface area contributed by atoms with Crippen LogP contribution in [-0.4, -0.2) is 65.6 Å². The molecule has 11 heteroatoms. The minimum atomic E-state index is -4.90. The van der Waals surface area contributed by atoms with Crippen LogP contribution in [0.5, 0.6) is 5.75 Å². The smallest absolute Gasteiger partial charge is 0.465 e. The van der Waals surface area contributed by atoms with Crippen LogP contribution >= 0.6 is 0 Å². The Morgan fingerprint density at radius 3 is 2.42 bits per heavy atom. The molecule has 1 amide bonds. The minimum absolute atomic E-state index is 0.0404. The number of alkyl halides is 3. The molecule has 2 aliphatic heterocycles. The zero-order chi connectivity index (χ0) is 30.6. The summed E-state index contributed by atoms with van der Waals surface area (Å²) in [5.74, 6) is -0.969. The molecular weight excluding hydrogens is 564 g/mol. The van der Waals surface area contributed by atoms with E-state index in [2.05, 4.69) is 15.0 Å². The summed E-state index contributed by atoms with van der Waals surface area (Å²) in [5, 5.41) is 21.8. The van der Waals surface area contributed by atoms with Gasteiger partial charge in [-0.3, -0.25) is 4.90 Å². The summed E-state index contributed by atoms with van der Waals surface area (Å²) >= 11 is 0. The Balaban J connectivity index is 1.37. The van der Waals surface area contributed by atoms with Crippen molar-refractivity contribution in [3.63, 3.8) is 0 Å². The standard InChI is InChI=1S/C32H32F4N4O3/c33-28-16-21(18-37)6-8-26(28)23-7-9-30(43-32(34,35)36)24(17-23)19-38-29-12-15-40(20-27(29)22-4-2-1-3-5-22)25-10-13-39(14-11-25)31(41)42/h1-9,16-17,25,27,29,38H,10-15,19-20H2,(H,41,42)/t27-,29-/m0/s1. The highest BCUT2D eigenvalue weighted by Gasteiger charge is 2.36. The lowest BCUT2D eigenvalue weighted by molar-refractivity contribution is -0.274. The molecule has 226 valence electrons. The first-order chi connectivity index (χ1) is 20.6. The monoisotopic (exact) mass is 596 g/mol. The van der Waals surface area contributed by atoms with Crippen LogP contribution in [-0.2, 0) is 6.54 Å². The molecule has 0 aliphatic carbocycles. The van der Waals surface area contributed by atoms with E-state index in [0.29, 0.717) is 18.7 Å². The maximum absolute atomic E-state index is 14.8. The van der Waals surface area contributed by atoms with Gasteiger partial charge in [-0.2, -0.15) is 5.26 Å². The van der Waals surface area contributed by atoms with Crippen LogP contribution in [0.25, 0.3) is 11.1 Å². The highest BCUT2D eigenvalue weighted by molar-refractivity contribution is 5.67. The van der Waals surface area contributed by atoms with Gasteiger partial charge in [-0.05, 0) is 61.2 Å². The van der Waals surface area contributed by atoms with Gasteiger partial charge in [0.25, 0.3) is 0 Å². The quantitative estimate of drug-likeness (QED) is 0.309. The Hall–Kier alpha value is -4.14. The maximum atomic E-state index is 14.8. The van der Waals surface area contributed by atoms with E-state index in [9.17, 15) is 27.5 Å². The first-order valence-electron chi connectivity index (χ1n) is 14.2. The summed E-state index contributed by atoms with van der Waals surface area (Å²) in [5.41, 5.74) is 2.02. The second kappa shape index (κ2) is 13.0. The lowest BCUT2D eigenvalue weighted by Gasteiger charge is -2.45. The van der Waals surface area contributed by atoms with E-state index < -0.39 is 18.3 Å². The molecule has 7 nitrogen and oxygen atoms in total. The van der Waals surface area contributed by atoms with Gasteiger partial charge in [0.05, 0.1) is 11.6 Å². The molecule has 2 atom stereocenters. The normalized spacial score (nSPS) is 20.0. The molecule has 0 bridgehead atoms. The van der Waals surface area contributed by atoms with Crippen molar-refractivity contribution in [2.45, 2.75) is 50.2 Å². The van der Waals surface area contributed by atoms with Gasteiger partial charge in [-0.1, -0.05) is 42.5 Å². The first kappa shape index (κ1) is 30.3. The minimum Gasteiger partial charge on any atom is -0.465 e. The predicted molar refractivity (Wildman–Crippen MR) is 152 cm³/mol. The third-order valence-electron chi connectivity index (χ3n) is 8.37. The van der Waals surface area contributed by atoms with E-state index in [4.69, 9.17) is 5.26 Å². The van der Waals surface area contributed by atoms with Crippen molar-refractivity contribution >= 4 is 6.09 Å². The highest BCUT2D eigenvalue weighted by atomic mass is 19.4. The van der Waals surface area contributed by atoms with E-state index in [1.54, 1.807) is 0 Å². The Kier molecular flexibility index (Phi) is 9.18. The molecule has 2 aliphatic rings. The van der Waals surface area contributed by atoms with Crippen molar-refractivity contribution in [2.75, 3.05) is 26.2 Å². The molecule has 0 radical (unpaired) electrons. The van der Waals surface area contributed by atoms with Crippen LogP contribution in [0.1, 0.15) is 41.9 Å². The molecular formula is C32H32F4N4O3. The number of nitrogens with one attached hydrogen (secondary N) is 1. The Morgan fingerprint density at radius 1 is 1.02 bits per heavy atom. The number of nitrogens with zero attached hydrogens (tertiary/aromatic N) is 3. The van der Waals surface area contributed by atoms with Crippen LogP contribution in [0.2, 0.25) is 0 Å². The van der Waals surface area contributed by atoms with E-state index in [1.807, 2.05) is 36.4 Å². The molecule has 0 spiro atoms. The first-order valence-corrected chi connectivity index (χ1v) is 14.2. The molecule has 3 aromatic carbocycles. The van der Waals surface area contributed by atoms with Crippen molar-refractivity contribution in [1.82, 2.24) is 15.1 Å². The van der Waals surface area contributed by atoms with Crippen molar-refractivity contribution < 1.29 is 32.2 Å². The third-order valence-corrected chi connectivity index (χ3v) is 8.37.